The minimum Gasteiger partial charge on any atom is -0.496 e. The Balaban J connectivity index is 1.30. The summed E-state index contributed by atoms with van der Waals surface area (Å²) in [5, 5.41) is 19.1. The molecule has 246 valence electrons. The number of likely N-dealkylation sites (tertiary alicyclic amines) is 1. The third-order valence-corrected chi connectivity index (χ3v) is 8.90. The van der Waals surface area contributed by atoms with Crippen molar-refractivity contribution in [1.82, 2.24) is 25.5 Å². The monoisotopic (exact) mass is 656 g/mol. The summed E-state index contributed by atoms with van der Waals surface area (Å²) in [6.07, 6.45) is 5.23. The van der Waals surface area contributed by atoms with Crippen molar-refractivity contribution in [3.05, 3.63) is 94.4 Å². The van der Waals surface area contributed by atoms with E-state index in [1.807, 2.05) is 60.4 Å². The SMILES string of the molecule is COc1cc(-c2nccc(-c3cccc(NC(=O)c4ccc(CNCCO)cn4)c3C)c2Cl)ccc1CNC1CCN(C(C)=O)CC1. The van der Waals surface area contributed by atoms with Crippen molar-refractivity contribution in [1.29, 1.82) is 0 Å². The van der Waals surface area contributed by atoms with E-state index in [2.05, 4.69) is 25.9 Å². The molecule has 2 aromatic carbocycles. The highest BCUT2D eigenvalue weighted by atomic mass is 35.5. The number of hydrogen-bond acceptors (Lipinski definition) is 8. The maximum Gasteiger partial charge on any atom is 0.274 e. The largest absolute Gasteiger partial charge is 0.496 e. The van der Waals surface area contributed by atoms with Gasteiger partial charge < -0.3 is 30.7 Å². The molecule has 2 aromatic heterocycles. The fourth-order valence-electron chi connectivity index (χ4n) is 5.77. The first-order chi connectivity index (χ1) is 22.8. The number of nitrogens with zero attached hydrogens (tertiary/aromatic N) is 3. The van der Waals surface area contributed by atoms with E-state index in [-0.39, 0.29) is 18.4 Å². The first kappa shape index (κ1) is 34.0. The molecule has 4 N–H and O–H groups in total. The summed E-state index contributed by atoms with van der Waals surface area (Å²) in [5.41, 5.74) is 6.89. The van der Waals surface area contributed by atoms with Crippen molar-refractivity contribution in [2.45, 2.75) is 45.8 Å². The molecule has 10 nitrogen and oxygen atoms in total. The van der Waals surface area contributed by atoms with Crippen LogP contribution in [0.15, 0.2) is 67.0 Å². The summed E-state index contributed by atoms with van der Waals surface area (Å²) in [5.74, 6) is 0.555. The van der Waals surface area contributed by atoms with Crippen LogP contribution in [0.3, 0.4) is 0 Å². The molecular formula is C36H41ClN6O4. The van der Waals surface area contributed by atoms with Crippen LogP contribution in [-0.4, -0.2) is 71.2 Å². The van der Waals surface area contributed by atoms with Gasteiger partial charge >= 0.3 is 0 Å². The van der Waals surface area contributed by atoms with Crippen LogP contribution in [0.25, 0.3) is 22.4 Å². The summed E-state index contributed by atoms with van der Waals surface area (Å²) >= 11 is 7.04. The molecule has 11 heteroatoms. The van der Waals surface area contributed by atoms with E-state index in [0.29, 0.717) is 47.8 Å². The fourth-order valence-corrected chi connectivity index (χ4v) is 6.09. The lowest BCUT2D eigenvalue weighted by molar-refractivity contribution is -0.129. The smallest absolute Gasteiger partial charge is 0.274 e. The predicted octanol–water partition coefficient (Wildman–Crippen LogP) is 5.22. The van der Waals surface area contributed by atoms with E-state index < -0.39 is 0 Å². The van der Waals surface area contributed by atoms with Gasteiger partial charge in [0.1, 0.15) is 11.4 Å². The highest BCUT2D eigenvalue weighted by Crippen LogP contribution is 2.39. The summed E-state index contributed by atoms with van der Waals surface area (Å²) in [4.78, 5) is 35.5. The molecule has 1 fully saturated rings. The molecule has 1 aliphatic heterocycles. The number of anilines is 1. The molecule has 0 radical (unpaired) electrons. The van der Waals surface area contributed by atoms with Crippen LogP contribution in [-0.2, 0) is 17.9 Å². The molecule has 3 heterocycles. The molecule has 0 spiro atoms. The van der Waals surface area contributed by atoms with Gasteiger partial charge in [-0.05, 0) is 60.7 Å². The van der Waals surface area contributed by atoms with Gasteiger partial charge in [0.05, 0.1) is 24.4 Å². The molecule has 0 aliphatic carbocycles. The molecular weight excluding hydrogens is 616 g/mol. The Labute approximate surface area is 280 Å². The zero-order valence-electron chi connectivity index (χ0n) is 27.0. The Hall–Kier alpha value is -4.35. The van der Waals surface area contributed by atoms with Gasteiger partial charge in [0, 0.05) is 80.5 Å². The lowest BCUT2D eigenvalue weighted by Gasteiger charge is -2.32. The van der Waals surface area contributed by atoms with Gasteiger partial charge in [-0.1, -0.05) is 41.9 Å². The van der Waals surface area contributed by atoms with E-state index in [9.17, 15) is 9.59 Å². The molecule has 0 bridgehead atoms. The van der Waals surface area contributed by atoms with Crippen LogP contribution in [0.4, 0.5) is 5.69 Å². The topological polar surface area (TPSA) is 129 Å². The lowest BCUT2D eigenvalue weighted by atomic mass is 9.97. The fraction of sp³-hybridized carbons (Fsp3) is 0.333. The summed E-state index contributed by atoms with van der Waals surface area (Å²) in [6, 6.07) is 17.4. The van der Waals surface area contributed by atoms with E-state index in [4.69, 9.17) is 21.4 Å². The Morgan fingerprint density at radius 1 is 1.04 bits per heavy atom. The highest BCUT2D eigenvalue weighted by Gasteiger charge is 2.21. The van der Waals surface area contributed by atoms with Gasteiger partial charge in [-0.25, -0.2) is 0 Å². The zero-order chi connectivity index (χ0) is 33.3. The van der Waals surface area contributed by atoms with Crippen molar-refractivity contribution in [2.24, 2.45) is 0 Å². The molecule has 4 aromatic rings. The third kappa shape index (κ3) is 8.33. The minimum atomic E-state index is -0.315. The van der Waals surface area contributed by atoms with E-state index in [0.717, 1.165) is 65.1 Å². The Kier molecular flexibility index (Phi) is 11.6. The van der Waals surface area contributed by atoms with Crippen LogP contribution in [0.5, 0.6) is 5.75 Å². The van der Waals surface area contributed by atoms with Crippen LogP contribution < -0.4 is 20.7 Å². The van der Waals surface area contributed by atoms with Gasteiger partial charge in [-0.15, -0.1) is 0 Å². The van der Waals surface area contributed by atoms with Gasteiger partial charge in [-0.3, -0.25) is 19.6 Å². The van der Waals surface area contributed by atoms with E-state index in [1.54, 1.807) is 32.5 Å². The minimum absolute atomic E-state index is 0.0593. The lowest BCUT2D eigenvalue weighted by Crippen LogP contribution is -2.43. The van der Waals surface area contributed by atoms with Crippen molar-refractivity contribution in [3.63, 3.8) is 0 Å². The number of rotatable bonds is 12. The van der Waals surface area contributed by atoms with Gasteiger partial charge in [0.15, 0.2) is 0 Å². The van der Waals surface area contributed by atoms with Gasteiger partial charge in [0.2, 0.25) is 5.91 Å². The van der Waals surface area contributed by atoms with Crippen molar-refractivity contribution < 1.29 is 19.4 Å². The average molecular weight is 657 g/mol. The molecule has 47 heavy (non-hydrogen) atoms. The number of aromatic nitrogens is 2. The van der Waals surface area contributed by atoms with Crippen LogP contribution in [0.2, 0.25) is 5.02 Å². The molecule has 0 atom stereocenters. The number of carbonyl (C=O) groups excluding carboxylic acids is 2. The summed E-state index contributed by atoms with van der Waals surface area (Å²) in [7, 11) is 1.66. The number of nitrogens with one attached hydrogen (secondary N) is 3. The Morgan fingerprint density at radius 3 is 2.55 bits per heavy atom. The van der Waals surface area contributed by atoms with Crippen molar-refractivity contribution in [2.75, 3.05) is 38.7 Å². The summed E-state index contributed by atoms with van der Waals surface area (Å²) < 4.78 is 5.77. The number of benzene rings is 2. The second-order valence-corrected chi connectivity index (χ2v) is 12.0. The van der Waals surface area contributed by atoms with Gasteiger partial charge in [0.25, 0.3) is 5.91 Å². The number of aliphatic hydroxyl groups excluding tert-OH is 1. The van der Waals surface area contributed by atoms with Crippen molar-refractivity contribution in [3.8, 4) is 28.1 Å². The van der Waals surface area contributed by atoms with Crippen molar-refractivity contribution >= 4 is 29.1 Å². The maximum atomic E-state index is 13.1. The quantitative estimate of drug-likeness (QED) is 0.153. The Morgan fingerprint density at radius 2 is 1.85 bits per heavy atom. The Bertz CT molecular complexity index is 1710. The first-order valence-electron chi connectivity index (χ1n) is 15.8. The number of carbonyl (C=O) groups is 2. The normalized spacial score (nSPS) is 13.4. The molecule has 0 saturated carbocycles. The number of piperidine rings is 1. The zero-order valence-corrected chi connectivity index (χ0v) is 27.7. The number of methoxy groups -OCH3 is 1. The number of ether oxygens (including phenoxy) is 1. The first-order valence-corrected chi connectivity index (χ1v) is 16.1. The molecule has 2 amide bonds. The number of amides is 2. The third-order valence-electron chi connectivity index (χ3n) is 8.52. The number of aliphatic hydroxyl groups is 1. The highest BCUT2D eigenvalue weighted by molar-refractivity contribution is 6.35. The van der Waals surface area contributed by atoms with Crippen LogP contribution in [0.1, 0.15) is 46.9 Å². The molecule has 1 aliphatic rings. The molecule has 1 saturated heterocycles. The number of halogens is 1. The number of hydrogen-bond donors (Lipinski definition) is 4. The van der Waals surface area contributed by atoms with Gasteiger partial charge in [-0.2, -0.15) is 0 Å². The van der Waals surface area contributed by atoms with E-state index in [1.165, 1.54) is 0 Å². The maximum absolute atomic E-state index is 13.1. The summed E-state index contributed by atoms with van der Waals surface area (Å²) in [6.45, 7) is 6.87. The average Bonchev–Trinajstić information content (AvgIpc) is 3.09. The standard InChI is InChI=1S/C36H41ClN6O4/c1-23-29(5-4-6-31(23)42-36(46)32-10-7-25(21-41-32)20-38-15-18-44)30-11-14-39-35(34(30)37)26-8-9-27(33(19-26)47-3)22-40-28-12-16-43(17-13-28)24(2)45/h4-11,14,19,21,28,38,40,44H,12-13,15-18,20,22H2,1-3H3,(H,42,46). The number of pyridine rings is 2. The molecule has 0 unspecified atom stereocenters. The van der Waals surface area contributed by atoms with Crippen LogP contribution in [0, 0.1) is 6.92 Å². The second kappa shape index (κ2) is 16.0. The van der Waals surface area contributed by atoms with Crippen LogP contribution >= 0.6 is 11.6 Å². The predicted molar refractivity (Wildman–Crippen MR) is 185 cm³/mol. The van der Waals surface area contributed by atoms with E-state index >= 15 is 0 Å². The molecule has 5 rings (SSSR count). The second-order valence-electron chi connectivity index (χ2n) is 11.6.